The van der Waals surface area contributed by atoms with Gasteiger partial charge in [-0.2, -0.15) is 5.26 Å². The lowest BCUT2D eigenvalue weighted by Crippen LogP contribution is -2.26. The second-order valence-corrected chi connectivity index (χ2v) is 4.23. The van der Waals surface area contributed by atoms with Crippen molar-refractivity contribution in [2.45, 2.75) is 0 Å². The fourth-order valence-corrected chi connectivity index (χ4v) is 1.73. The molecule has 0 aliphatic carbocycles. The minimum Gasteiger partial charge on any atom is -0.504 e. The van der Waals surface area contributed by atoms with E-state index in [-0.39, 0.29) is 23.0 Å². The van der Waals surface area contributed by atoms with E-state index in [1.807, 2.05) is 6.07 Å². The Morgan fingerprint density at radius 2 is 1.75 bits per heavy atom. The zero-order valence-corrected chi connectivity index (χ0v) is 10.7. The number of hydrogen-bond acceptors (Lipinski definition) is 4. The molecule has 0 aromatic heterocycles. The van der Waals surface area contributed by atoms with E-state index in [1.54, 1.807) is 31.3 Å². The van der Waals surface area contributed by atoms with Crippen LogP contribution in [-0.4, -0.2) is 23.2 Å². The van der Waals surface area contributed by atoms with Crippen molar-refractivity contribution in [2.24, 2.45) is 0 Å². The van der Waals surface area contributed by atoms with E-state index in [9.17, 15) is 15.0 Å². The number of benzene rings is 2. The van der Waals surface area contributed by atoms with Crippen LogP contribution in [0.25, 0.3) is 0 Å². The number of phenols is 2. The molecule has 5 heteroatoms. The molecular formula is C15H12N2O3. The Bertz CT molecular complexity index is 687. The zero-order valence-electron chi connectivity index (χ0n) is 10.7. The molecule has 0 saturated carbocycles. The monoisotopic (exact) mass is 268 g/mol. The molecule has 2 rings (SSSR count). The Hall–Kier alpha value is -3.00. The largest absolute Gasteiger partial charge is 0.504 e. The van der Waals surface area contributed by atoms with E-state index in [1.165, 1.54) is 23.1 Å². The molecular weight excluding hydrogens is 256 g/mol. The number of anilines is 1. The molecule has 100 valence electrons. The van der Waals surface area contributed by atoms with Crippen molar-refractivity contribution in [3.05, 3.63) is 53.6 Å². The van der Waals surface area contributed by atoms with Crippen LogP contribution in [0.4, 0.5) is 5.69 Å². The molecule has 5 nitrogen and oxygen atoms in total. The third kappa shape index (κ3) is 2.54. The Kier molecular flexibility index (Phi) is 3.58. The van der Waals surface area contributed by atoms with Crippen LogP contribution in [0, 0.1) is 11.3 Å². The average Bonchev–Trinajstić information content (AvgIpc) is 2.48. The fourth-order valence-electron chi connectivity index (χ4n) is 1.73. The van der Waals surface area contributed by atoms with Crippen LogP contribution >= 0.6 is 0 Å². The minimum absolute atomic E-state index is 0.257. The molecule has 0 fully saturated rings. The topological polar surface area (TPSA) is 84.6 Å². The first-order valence-electron chi connectivity index (χ1n) is 5.83. The predicted molar refractivity (Wildman–Crippen MR) is 73.7 cm³/mol. The minimum atomic E-state index is -0.343. The molecule has 2 aromatic rings. The average molecular weight is 268 g/mol. The van der Waals surface area contributed by atoms with E-state index in [2.05, 4.69) is 0 Å². The lowest BCUT2D eigenvalue weighted by atomic mass is 10.1. The normalized spacial score (nSPS) is 9.80. The van der Waals surface area contributed by atoms with Crippen LogP contribution < -0.4 is 4.90 Å². The Morgan fingerprint density at radius 3 is 2.30 bits per heavy atom. The highest BCUT2D eigenvalue weighted by atomic mass is 16.3. The summed E-state index contributed by atoms with van der Waals surface area (Å²) in [4.78, 5) is 13.6. The SMILES string of the molecule is CN(C(=O)c1ccc(O)c(O)c1)c1ccc(C#N)cc1. The number of carbonyl (C=O) groups is 1. The van der Waals surface area contributed by atoms with E-state index >= 15 is 0 Å². The highest BCUT2D eigenvalue weighted by molar-refractivity contribution is 6.06. The maximum Gasteiger partial charge on any atom is 0.258 e. The summed E-state index contributed by atoms with van der Waals surface area (Å²) in [5.41, 5.74) is 1.39. The van der Waals surface area contributed by atoms with Gasteiger partial charge in [0.15, 0.2) is 11.5 Å². The Balaban J connectivity index is 2.27. The molecule has 2 N–H and O–H groups in total. The van der Waals surface area contributed by atoms with Crippen LogP contribution in [0.15, 0.2) is 42.5 Å². The number of hydrogen-bond donors (Lipinski definition) is 2. The Morgan fingerprint density at radius 1 is 1.10 bits per heavy atom. The predicted octanol–water partition coefficient (Wildman–Crippen LogP) is 2.25. The molecule has 0 bridgehead atoms. The maximum atomic E-state index is 12.2. The second kappa shape index (κ2) is 5.33. The van der Waals surface area contributed by atoms with Crippen LogP contribution in [0.2, 0.25) is 0 Å². The number of carbonyl (C=O) groups excluding carboxylic acids is 1. The van der Waals surface area contributed by atoms with E-state index in [0.717, 1.165) is 0 Å². The number of phenolic OH excluding ortho intramolecular Hbond substituents is 2. The molecule has 0 saturated heterocycles. The van der Waals surface area contributed by atoms with Crippen molar-refractivity contribution in [1.29, 1.82) is 5.26 Å². The van der Waals surface area contributed by atoms with Gasteiger partial charge in [0.25, 0.3) is 5.91 Å². The maximum absolute atomic E-state index is 12.2. The van der Waals surface area contributed by atoms with Crippen LogP contribution in [-0.2, 0) is 0 Å². The van der Waals surface area contributed by atoms with Crippen molar-refractivity contribution < 1.29 is 15.0 Å². The molecule has 0 atom stereocenters. The molecule has 0 aliphatic heterocycles. The van der Waals surface area contributed by atoms with Crippen LogP contribution in [0.1, 0.15) is 15.9 Å². The first kappa shape index (κ1) is 13.4. The van der Waals surface area contributed by atoms with Gasteiger partial charge < -0.3 is 15.1 Å². The van der Waals surface area contributed by atoms with Gasteiger partial charge in [0, 0.05) is 18.3 Å². The summed E-state index contributed by atoms with van der Waals surface area (Å²) in [6, 6.07) is 12.5. The summed E-state index contributed by atoms with van der Waals surface area (Å²) in [6.45, 7) is 0. The lowest BCUT2D eigenvalue weighted by Gasteiger charge is -2.17. The number of aromatic hydroxyl groups is 2. The van der Waals surface area contributed by atoms with Crippen LogP contribution in [0.3, 0.4) is 0 Å². The summed E-state index contributed by atoms with van der Waals surface area (Å²) >= 11 is 0. The van der Waals surface area contributed by atoms with Crippen LogP contribution in [0.5, 0.6) is 11.5 Å². The molecule has 20 heavy (non-hydrogen) atoms. The molecule has 0 unspecified atom stereocenters. The standard InChI is InChI=1S/C15H12N2O3/c1-17(12-5-2-10(9-16)3-6-12)15(20)11-4-7-13(18)14(19)8-11/h2-8,18-19H,1H3. The van der Waals surface area contributed by atoms with Crippen molar-refractivity contribution >= 4 is 11.6 Å². The molecule has 1 amide bonds. The Labute approximate surface area is 115 Å². The number of rotatable bonds is 2. The highest BCUT2D eigenvalue weighted by Crippen LogP contribution is 2.26. The van der Waals surface area contributed by atoms with Crippen molar-refractivity contribution in [3.8, 4) is 17.6 Å². The summed E-state index contributed by atoms with van der Waals surface area (Å²) in [6.07, 6.45) is 0. The van der Waals surface area contributed by atoms with Gasteiger partial charge >= 0.3 is 0 Å². The third-order valence-corrected chi connectivity index (χ3v) is 2.91. The summed E-state index contributed by atoms with van der Waals surface area (Å²) in [5.74, 6) is -0.948. The van der Waals surface area contributed by atoms with Crippen molar-refractivity contribution in [1.82, 2.24) is 0 Å². The van der Waals surface area contributed by atoms with E-state index < -0.39 is 0 Å². The first-order chi connectivity index (χ1) is 9.52. The number of nitrogens with zero attached hydrogens (tertiary/aromatic N) is 2. The molecule has 0 aliphatic rings. The van der Waals surface area contributed by atoms with Crippen molar-refractivity contribution in [2.75, 3.05) is 11.9 Å². The van der Waals surface area contributed by atoms with Gasteiger partial charge in [-0.05, 0) is 42.5 Å². The lowest BCUT2D eigenvalue weighted by molar-refractivity contribution is 0.0992. The smallest absolute Gasteiger partial charge is 0.258 e. The first-order valence-corrected chi connectivity index (χ1v) is 5.83. The summed E-state index contributed by atoms with van der Waals surface area (Å²) in [5, 5.41) is 27.4. The molecule has 2 aromatic carbocycles. The van der Waals surface area contributed by atoms with Crippen molar-refractivity contribution in [3.63, 3.8) is 0 Å². The van der Waals surface area contributed by atoms with Gasteiger partial charge in [0.2, 0.25) is 0 Å². The molecule has 0 spiro atoms. The second-order valence-electron chi connectivity index (χ2n) is 4.23. The molecule has 0 radical (unpaired) electrons. The van der Waals surface area contributed by atoms with E-state index in [4.69, 9.17) is 5.26 Å². The van der Waals surface area contributed by atoms with Gasteiger partial charge in [0.05, 0.1) is 11.6 Å². The summed E-state index contributed by atoms with van der Waals surface area (Å²) < 4.78 is 0. The van der Waals surface area contributed by atoms with Gasteiger partial charge in [-0.15, -0.1) is 0 Å². The van der Waals surface area contributed by atoms with Gasteiger partial charge in [-0.25, -0.2) is 0 Å². The van der Waals surface area contributed by atoms with Gasteiger partial charge in [-0.3, -0.25) is 4.79 Å². The zero-order chi connectivity index (χ0) is 14.7. The third-order valence-electron chi connectivity index (χ3n) is 2.91. The molecule has 0 heterocycles. The fraction of sp³-hybridized carbons (Fsp3) is 0.0667. The number of nitriles is 1. The van der Waals surface area contributed by atoms with E-state index in [0.29, 0.717) is 11.3 Å². The quantitative estimate of drug-likeness (QED) is 0.818. The van der Waals surface area contributed by atoms with Gasteiger partial charge in [-0.1, -0.05) is 0 Å². The highest BCUT2D eigenvalue weighted by Gasteiger charge is 2.15. The number of amides is 1. The summed E-state index contributed by atoms with van der Waals surface area (Å²) in [7, 11) is 1.59. The van der Waals surface area contributed by atoms with Gasteiger partial charge in [0.1, 0.15) is 0 Å².